The predicted molar refractivity (Wildman–Crippen MR) is 168 cm³/mol. The van der Waals surface area contributed by atoms with Gasteiger partial charge in [0.25, 0.3) is 0 Å². The second-order valence-corrected chi connectivity index (χ2v) is 27.3. The van der Waals surface area contributed by atoms with E-state index in [1.165, 1.54) is 18.9 Å². The highest BCUT2D eigenvalue weighted by atomic mass is 28.4. The lowest BCUT2D eigenvalue weighted by atomic mass is 10.4. The maximum Gasteiger partial charge on any atom is 0.407 e. The molecule has 0 aromatic heterocycles. The maximum atomic E-state index is 11.7. The highest BCUT2D eigenvalue weighted by Gasteiger charge is 2.51. The number of rotatable bonds is 20. The van der Waals surface area contributed by atoms with Gasteiger partial charge < -0.3 is 28.4 Å². The Balaban J connectivity index is 4.46. The van der Waals surface area contributed by atoms with Crippen LogP contribution in [0.5, 0.6) is 0 Å². The second-order valence-electron chi connectivity index (χ2n) is 13.2. The van der Waals surface area contributed by atoms with E-state index in [0.717, 1.165) is 12.5 Å². The van der Waals surface area contributed by atoms with Gasteiger partial charge in [0, 0.05) is 17.4 Å². The smallest absolute Gasteiger partial charge is 0.407 e. The molecule has 0 bridgehead atoms. The van der Waals surface area contributed by atoms with Crippen LogP contribution in [0.3, 0.4) is 0 Å². The minimum Gasteiger partial charge on any atom is -0.460 e. The second kappa shape index (κ2) is 16.5. The molecule has 0 unspecified atom stereocenters. The van der Waals surface area contributed by atoms with Crippen molar-refractivity contribution in [1.29, 1.82) is 0 Å². The molecule has 1 N–H and O–H groups in total. The van der Waals surface area contributed by atoms with Gasteiger partial charge in [0.1, 0.15) is 13.2 Å². The minimum atomic E-state index is -2.19. The van der Waals surface area contributed by atoms with Crippen molar-refractivity contribution in [2.24, 2.45) is 0 Å². The van der Waals surface area contributed by atoms with Crippen LogP contribution in [-0.2, 0) is 27.9 Å². The normalized spacial score (nSPS) is 13.2. The third kappa shape index (κ3) is 14.5. The molecular weight excluding hydrogens is 547 g/mol. The van der Waals surface area contributed by atoms with Crippen LogP contribution in [-0.4, -0.2) is 80.2 Å². The van der Waals surface area contributed by atoms with E-state index in [0.29, 0.717) is 18.8 Å². The van der Waals surface area contributed by atoms with Crippen molar-refractivity contribution in [1.82, 2.24) is 5.32 Å². The van der Waals surface area contributed by atoms with E-state index in [9.17, 15) is 9.59 Å². The first-order valence-corrected chi connectivity index (χ1v) is 23.6. The number of unbranched alkanes of at least 4 members (excludes halogenated alkanes) is 1. The van der Waals surface area contributed by atoms with Crippen LogP contribution in [0.2, 0.25) is 51.4 Å². The Morgan fingerprint density at radius 3 is 1.97 bits per heavy atom. The zero-order valence-corrected chi connectivity index (χ0v) is 30.1. The standard InChI is InChI=1S/C28H59NO7Si3/c1-14-15-22-37(8,9)27(4,5)36-39(12,13)28(6,7)35-38(10,11)23-16-18-32-20-21-34-26(31)29-17-19-33-25(30)24(2)3/h2,14-23H2,1,3-13H3,(H,29,31). The summed E-state index contributed by atoms with van der Waals surface area (Å²) in [5.41, 5.74) is 0.318. The summed E-state index contributed by atoms with van der Waals surface area (Å²) in [6.45, 7) is 31.7. The molecule has 8 nitrogen and oxygen atoms in total. The molecule has 0 aliphatic rings. The fourth-order valence-corrected chi connectivity index (χ4v) is 13.6. The summed E-state index contributed by atoms with van der Waals surface area (Å²) < 4.78 is 29.6. The zero-order valence-electron chi connectivity index (χ0n) is 27.1. The Labute approximate surface area is 242 Å². The van der Waals surface area contributed by atoms with Crippen molar-refractivity contribution < 1.29 is 32.7 Å². The number of ether oxygens (including phenoxy) is 3. The van der Waals surface area contributed by atoms with Crippen molar-refractivity contribution >= 4 is 36.8 Å². The molecule has 39 heavy (non-hydrogen) atoms. The molecule has 1 amide bonds. The lowest BCUT2D eigenvalue weighted by Crippen LogP contribution is -2.65. The summed E-state index contributed by atoms with van der Waals surface area (Å²) in [6.07, 6.45) is 2.82. The van der Waals surface area contributed by atoms with E-state index < -0.39 is 36.8 Å². The first kappa shape index (κ1) is 38.0. The Kier molecular flexibility index (Phi) is 16.0. The predicted octanol–water partition coefficient (Wildman–Crippen LogP) is 6.83. The monoisotopic (exact) mass is 605 g/mol. The van der Waals surface area contributed by atoms with E-state index in [1.54, 1.807) is 6.92 Å². The maximum absolute atomic E-state index is 11.7. The van der Waals surface area contributed by atoms with Crippen molar-refractivity contribution in [2.45, 2.75) is 123 Å². The largest absolute Gasteiger partial charge is 0.460 e. The lowest BCUT2D eigenvalue weighted by Gasteiger charge is -2.51. The molecule has 230 valence electrons. The number of carbonyl (C=O) groups excluding carboxylic acids is 2. The van der Waals surface area contributed by atoms with Crippen LogP contribution in [0.25, 0.3) is 0 Å². The van der Waals surface area contributed by atoms with E-state index in [1.807, 2.05) is 0 Å². The third-order valence-corrected chi connectivity index (χ3v) is 19.8. The van der Waals surface area contributed by atoms with Crippen LogP contribution < -0.4 is 5.32 Å². The first-order chi connectivity index (χ1) is 17.7. The Morgan fingerprint density at radius 1 is 0.795 bits per heavy atom. The van der Waals surface area contributed by atoms with Crippen LogP contribution in [0.4, 0.5) is 4.79 Å². The van der Waals surface area contributed by atoms with E-state index in [4.69, 9.17) is 23.1 Å². The van der Waals surface area contributed by atoms with Crippen molar-refractivity contribution in [3.63, 3.8) is 0 Å². The number of carbonyl (C=O) groups is 2. The fraction of sp³-hybridized carbons (Fsp3) is 0.857. The van der Waals surface area contributed by atoms with E-state index in [2.05, 4.69) is 85.8 Å². The van der Waals surface area contributed by atoms with Gasteiger partial charge in [-0.15, -0.1) is 0 Å². The van der Waals surface area contributed by atoms with Gasteiger partial charge in [0.2, 0.25) is 8.32 Å². The van der Waals surface area contributed by atoms with Gasteiger partial charge in [0.05, 0.1) is 26.4 Å². The van der Waals surface area contributed by atoms with Crippen molar-refractivity contribution in [2.75, 3.05) is 33.0 Å². The van der Waals surface area contributed by atoms with Crippen LogP contribution in [0, 0.1) is 0 Å². The molecule has 0 aliphatic heterocycles. The summed E-state index contributed by atoms with van der Waals surface area (Å²) in [4.78, 5) is 23.0. The summed E-state index contributed by atoms with van der Waals surface area (Å²) >= 11 is 0. The number of amides is 1. The Morgan fingerprint density at radius 2 is 1.41 bits per heavy atom. The third-order valence-electron chi connectivity index (χ3n) is 7.76. The van der Waals surface area contributed by atoms with Gasteiger partial charge in [0.15, 0.2) is 8.32 Å². The molecule has 0 aromatic carbocycles. The van der Waals surface area contributed by atoms with Crippen LogP contribution >= 0.6 is 0 Å². The first-order valence-electron chi connectivity index (χ1n) is 14.4. The molecule has 0 saturated carbocycles. The molecule has 0 radical (unpaired) electrons. The van der Waals surface area contributed by atoms with Crippen LogP contribution in [0.15, 0.2) is 12.2 Å². The number of nitrogens with one attached hydrogen (secondary N) is 1. The Bertz CT molecular complexity index is 783. The summed E-state index contributed by atoms with van der Waals surface area (Å²) in [6, 6.07) is 2.26. The summed E-state index contributed by atoms with van der Waals surface area (Å²) in [5, 5.41) is 2.12. The fourth-order valence-electron chi connectivity index (χ4n) is 4.05. The molecule has 0 aromatic rings. The molecule has 0 saturated heterocycles. The zero-order chi connectivity index (χ0) is 30.5. The summed E-state index contributed by atoms with van der Waals surface area (Å²) in [7, 11) is -5.72. The minimum absolute atomic E-state index is 0.0675. The van der Waals surface area contributed by atoms with Crippen molar-refractivity contribution in [3.05, 3.63) is 12.2 Å². The van der Waals surface area contributed by atoms with E-state index >= 15 is 0 Å². The highest BCUT2D eigenvalue weighted by Crippen LogP contribution is 2.38. The quantitative estimate of drug-likeness (QED) is 0.0704. The average molecular weight is 606 g/mol. The number of hydrogen-bond donors (Lipinski definition) is 1. The average Bonchev–Trinajstić information content (AvgIpc) is 2.77. The number of alkyl carbamates (subject to hydrolysis) is 1. The van der Waals surface area contributed by atoms with E-state index in [-0.39, 0.29) is 30.2 Å². The molecule has 0 aliphatic carbocycles. The van der Waals surface area contributed by atoms with Gasteiger partial charge in [-0.05, 0) is 73.3 Å². The van der Waals surface area contributed by atoms with Crippen molar-refractivity contribution in [3.8, 4) is 0 Å². The number of hydrogen-bond acceptors (Lipinski definition) is 7. The molecule has 0 atom stereocenters. The number of esters is 1. The topological polar surface area (TPSA) is 92.3 Å². The highest BCUT2D eigenvalue weighted by molar-refractivity contribution is 6.82. The van der Waals surface area contributed by atoms with Crippen LogP contribution in [0.1, 0.15) is 60.8 Å². The van der Waals surface area contributed by atoms with Gasteiger partial charge in [-0.3, -0.25) is 0 Å². The molecule has 11 heteroatoms. The molecule has 0 heterocycles. The van der Waals surface area contributed by atoms with Gasteiger partial charge in [-0.1, -0.05) is 45.5 Å². The molecule has 0 fully saturated rings. The molecule has 0 spiro atoms. The SMILES string of the molecule is C=C(C)C(=O)OCCNC(=O)OCCOCCC[Si](C)(C)OC(C)(C)[Si](C)(C)OC(C)(C)[Si](C)(C)CCCC. The lowest BCUT2D eigenvalue weighted by molar-refractivity contribution is -0.138. The molecule has 0 rings (SSSR count). The summed E-state index contributed by atoms with van der Waals surface area (Å²) in [5.74, 6) is -0.481. The Hall–Kier alpha value is -0.989. The molecular formula is C28H59NO7Si3. The van der Waals surface area contributed by atoms with Gasteiger partial charge in [-0.25, -0.2) is 9.59 Å². The van der Waals surface area contributed by atoms with Gasteiger partial charge >= 0.3 is 12.1 Å². The van der Waals surface area contributed by atoms with Gasteiger partial charge in [-0.2, -0.15) is 0 Å².